The van der Waals surface area contributed by atoms with Crippen LogP contribution in [0.25, 0.3) is 0 Å². The highest BCUT2D eigenvalue weighted by Gasteiger charge is 2.69. The third-order valence-corrected chi connectivity index (χ3v) is 6.56. The van der Waals surface area contributed by atoms with Crippen molar-refractivity contribution in [2.45, 2.75) is 50.5 Å². The number of esters is 2. The van der Waals surface area contributed by atoms with E-state index in [4.69, 9.17) is 18.3 Å². The van der Waals surface area contributed by atoms with E-state index in [1.54, 1.807) is 48.5 Å². The lowest BCUT2D eigenvalue weighted by molar-refractivity contribution is -0.208. The van der Waals surface area contributed by atoms with Crippen LogP contribution >= 0.6 is 0 Å². The van der Waals surface area contributed by atoms with Crippen molar-refractivity contribution in [2.75, 3.05) is 14.2 Å². The molecule has 8 heteroatoms. The molecule has 0 bridgehead atoms. The summed E-state index contributed by atoms with van der Waals surface area (Å²) in [6, 6.07) is 17.9. The lowest BCUT2D eigenvalue weighted by Gasteiger charge is -2.50. The van der Waals surface area contributed by atoms with Crippen molar-refractivity contribution >= 4 is 28.6 Å². The van der Waals surface area contributed by atoms with Gasteiger partial charge >= 0.3 is 11.9 Å². The zero-order chi connectivity index (χ0) is 24.2. The molecule has 0 aliphatic carbocycles. The molecule has 0 saturated heterocycles. The number of carbonyl (C=O) groups is 2. The summed E-state index contributed by atoms with van der Waals surface area (Å²) in [5.41, 5.74) is -2.94. The Morgan fingerprint density at radius 2 is 0.875 bits per heavy atom. The van der Waals surface area contributed by atoms with Gasteiger partial charge in [0.2, 0.25) is 11.2 Å². The smallest absolute Gasteiger partial charge is 0.345 e. The molecule has 2 rings (SSSR count). The number of rotatable bonds is 9. The van der Waals surface area contributed by atoms with Crippen LogP contribution in [0.15, 0.2) is 60.7 Å². The van der Waals surface area contributed by atoms with Gasteiger partial charge in [0.15, 0.2) is 16.6 Å². The van der Waals surface area contributed by atoms with Crippen LogP contribution in [-0.4, -0.2) is 42.8 Å². The Labute approximate surface area is 193 Å². The van der Waals surface area contributed by atoms with Gasteiger partial charge < -0.3 is 18.3 Å². The van der Waals surface area contributed by atoms with Crippen molar-refractivity contribution in [1.82, 2.24) is 0 Å². The Morgan fingerprint density at radius 3 is 1.09 bits per heavy atom. The maximum absolute atomic E-state index is 13.8. The predicted octanol–water partition coefficient (Wildman–Crippen LogP) is 4.83. The molecule has 0 aliphatic rings. The van der Waals surface area contributed by atoms with E-state index in [9.17, 15) is 9.59 Å². The number of ether oxygens (including phenoxy) is 2. The van der Waals surface area contributed by atoms with Crippen molar-refractivity contribution in [3.8, 4) is 0 Å². The van der Waals surface area contributed by atoms with Crippen molar-refractivity contribution in [2.24, 2.45) is 0 Å². The van der Waals surface area contributed by atoms with Crippen LogP contribution in [0.3, 0.4) is 0 Å². The minimum absolute atomic E-state index is 0.460. The maximum Gasteiger partial charge on any atom is 0.345 e. The summed E-state index contributed by atoms with van der Waals surface area (Å²) >= 11 is 0. The Morgan fingerprint density at radius 1 is 0.594 bits per heavy atom. The number of benzene rings is 2. The minimum atomic E-state index is -2.50. The molecule has 0 aromatic heterocycles. The Bertz CT molecular complexity index is 844. The van der Waals surface area contributed by atoms with E-state index >= 15 is 0 Å². The third kappa shape index (κ3) is 5.04. The standard InChI is InChI=1S/C24H34O6Si2/c1-27-21(25)23(29-31(3,4)5,19-15-11-9-12-16-19)24(22(26)28-2,30-32(6,7)8)20-17-13-10-14-18-20/h9-18H,1-8H3. The molecule has 0 amide bonds. The second-order valence-electron chi connectivity index (χ2n) is 9.51. The quantitative estimate of drug-likeness (QED) is 0.383. The summed E-state index contributed by atoms with van der Waals surface area (Å²) in [4.78, 5) is 27.7. The summed E-state index contributed by atoms with van der Waals surface area (Å²) in [5.74, 6) is -1.45. The highest BCUT2D eigenvalue weighted by molar-refractivity contribution is 6.70. The van der Waals surface area contributed by atoms with E-state index in [1.807, 2.05) is 51.4 Å². The van der Waals surface area contributed by atoms with Gasteiger partial charge in [-0.2, -0.15) is 0 Å². The fourth-order valence-corrected chi connectivity index (χ4v) is 6.35. The molecule has 0 fully saturated rings. The molecule has 0 N–H and O–H groups in total. The normalized spacial score (nSPS) is 15.9. The predicted molar refractivity (Wildman–Crippen MR) is 129 cm³/mol. The Balaban J connectivity index is 3.16. The molecule has 0 spiro atoms. The first-order valence-electron chi connectivity index (χ1n) is 10.5. The lowest BCUT2D eigenvalue weighted by atomic mass is 9.73. The van der Waals surface area contributed by atoms with Crippen LogP contribution in [0.4, 0.5) is 0 Å². The first-order chi connectivity index (χ1) is 14.8. The van der Waals surface area contributed by atoms with Crippen LogP contribution < -0.4 is 0 Å². The lowest BCUT2D eigenvalue weighted by Crippen LogP contribution is -2.67. The van der Waals surface area contributed by atoms with Crippen molar-refractivity contribution in [1.29, 1.82) is 0 Å². The molecule has 2 unspecified atom stereocenters. The van der Waals surface area contributed by atoms with Gasteiger partial charge in [-0.25, -0.2) is 9.59 Å². The third-order valence-electron chi connectivity index (χ3n) is 4.72. The van der Waals surface area contributed by atoms with Crippen LogP contribution in [0, 0.1) is 0 Å². The van der Waals surface area contributed by atoms with Gasteiger partial charge in [-0.05, 0) is 50.4 Å². The number of hydrogen-bond acceptors (Lipinski definition) is 6. The van der Waals surface area contributed by atoms with E-state index in [0.29, 0.717) is 11.1 Å². The number of carbonyl (C=O) groups excluding carboxylic acids is 2. The average molecular weight is 475 g/mol. The molecule has 174 valence electrons. The van der Waals surface area contributed by atoms with Gasteiger partial charge in [0.05, 0.1) is 14.2 Å². The molecular formula is C24H34O6Si2. The molecule has 0 radical (unpaired) electrons. The van der Waals surface area contributed by atoms with Crippen LogP contribution in [-0.2, 0) is 39.1 Å². The first kappa shape index (κ1) is 26.0. The molecular weight excluding hydrogens is 440 g/mol. The number of methoxy groups -OCH3 is 2. The number of hydrogen-bond donors (Lipinski definition) is 0. The van der Waals surface area contributed by atoms with E-state index in [1.165, 1.54) is 14.2 Å². The van der Waals surface area contributed by atoms with Crippen LogP contribution in [0.2, 0.25) is 39.3 Å². The van der Waals surface area contributed by atoms with Crippen molar-refractivity contribution < 1.29 is 27.9 Å². The zero-order valence-electron chi connectivity index (χ0n) is 20.2. The average Bonchev–Trinajstić information content (AvgIpc) is 2.74. The SMILES string of the molecule is COC(=O)C(O[Si](C)(C)C)(c1ccccc1)C(O[Si](C)(C)C)(C(=O)OC)c1ccccc1. The highest BCUT2D eigenvalue weighted by atomic mass is 28.4. The van der Waals surface area contributed by atoms with Gasteiger partial charge in [-0.15, -0.1) is 0 Å². The van der Waals surface area contributed by atoms with E-state index < -0.39 is 39.8 Å². The first-order valence-corrected chi connectivity index (χ1v) is 17.3. The van der Waals surface area contributed by atoms with Crippen LogP contribution in [0.1, 0.15) is 11.1 Å². The van der Waals surface area contributed by atoms with Crippen molar-refractivity contribution in [3.63, 3.8) is 0 Å². The summed E-state index contributed by atoms with van der Waals surface area (Å²) in [6.07, 6.45) is 0. The van der Waals surface area contributed by atoms with Gasteiger partial charge in [0.25, 0.3) is 0 Å². The minimum Gasteiger partial charge on any atom is -0.467 e. The fourth-order valence-electron chi connectivity index (χ4n) is 3.83. The topological polar surface area (TPSA) is 71.1 Å². The molecule has 6 nitrogen and oxygen atoms in total. The van der Waals surface area contributed by atoms with Crippen LogP contribution in [0.5, 0.6) is 0 Å². The van der Waals surface area contributed by atoms with Gasteiger partial charge in [-0.3, -0.25) is 0 Å². The molecule has 2 aromatic rings. The summed E-state index contributed by atoms with van der Waals surface area (Å²) in [7, 11) is -2.43. The maximum atomic E-state index is 13.8. The summed E-state index contributed by atoms with van der Waals surface area (Å²) in [6.45, 7) is 11.7. The van der Waals surface area contributed by atoms with E-state index in [-0.39, 0.29) is 0 Å². The molecule has 32 heavy (non-hydrogen) atoms. The second-order valence-corrected chi connectivity index (χ2v) is 18.4. The van der Waals surface area contributed by atoms with Crippen molar-refractivity contribution in [3.05, 3.63) is 71.8 Å². The molecule has 0 saturated carbocycles. The Kier molecular flexibility index (Phi) is 7.88. The molecule has 0 aliphatic heterocycles. The largest absolute Gasteiger partial charge is 0.467 e. The Hall–Kier alpha value is -2.27. The molecule has 0 heterocycles. The monoisotopic (exact) mass is 474 g/mol. The molecule has 2 atom stereocenters. The second kappa shape index (κ2) is 9.70. The highest BCUT2D eigenvalue weighted by Crippen LogP contribution is 2.51. The van der Waals surface area contributed by atoms with E-state index in [2.05, 4.69) is 0 Å². The van der Waals surface area contributed by atoms with Gasteiger partial charge in [0, 0.05) is 0 Å². The van der Waals surface area contributed by atoms with E-state index in [0.717, 1.165) is 0 Å². The zero-order valence-corrected chi connectivity index (χ0v) is 22.2. The van der Waals surface area contributed by atoms with Gasteiger partial charge in [0.1, 0.15) is 0 Å². The van der Waals surface area contributed by atoms with Gasteiger partial charge in [-0.1, -0.05) is 60.7 Å². The molecule has 2 aromatic carbocycles. The fraction of sp³-hybridized carbons (Fsp3) is 0.417. The summed E-state index contributed by atoms with van der Waals surface area (Å²) < 4.78 is 24.1. The summed E-state index contributed by atoms with van der Waals surface area (Å²) in [5, 5.41) is 0.